The van der Waals surface area contributed by atoms with Gasteiger partial charge in [-0.15, -0.1) is 21.5 Å². The van der Waals surface area contributed by atoms with E-state index in [1.165, 1.54) is 17.4 Å². The molecule has 0 bridgehead atoms. The number of aryl methyl sites for hydroxylation is 1. The van der Waals surface area contributed by atoms with Gasteiger partial charge in [-0.05, 0) is 19.1 Å². The van der Waals surface area contributed by atoms with Gasteiger partial charge in [0.05, 0.1) is 17.0 Å². The Kier molecular flexibility index (Phi) is 7.33. The number of halogens is 1. The van der Waals surface area contributed by atoms with Crippen LogP contribution in [0.2, 0.25) is 0 Å². The first-order valence-corrected chi connectivity index (χ1v) is 12.0. The average Bonchev–Trinajstić information content (AvgIpc) is 3.44. The highest BCUT2D eigenvalue weighted by molar-refractivity contribution is 7.99. The van der Waals surface area contributed by atoms with Crippen LogP contribution in [0.5, 0.6) is 0 Å². The lowest BCUT2D eigenvalue weighted by Crippen LogP contribution is -2.21. The van der Waals surface area contributed by atoms with Crippen LogP contribution in [0.1, 0.15) is 5.56 Å². The van der Waals surface area contributed by atoms with Crippen molar-refractivity contribution in [2.24, 2.45) is 7.05 Å². The first kappa shape index (κ1) is 23.6. The van der Waals surface area contributed by atoms with E-state index in [4.69, 9.17) is 4.74 Å². The molecule has 2 heterocycles. The van der Waals surface area contributed by atoms with Crippen LogP contribution in [-0.2, 0) is 21.4 Å². The molecular formula is C23H20FN5O3S2. The molecule has 11 heteroatoms. The zero-order valence-electron chi connectivity index (χ0n) is 18.3. The highest BCUT2D eigenvalue weighted by Crippen LogP contribution is 2.26. The van der Waals surface area contributed by atoms with Gasteiger partial charge < -0.3 is 9.30 Å². The van der Waals surface area contributed by atoms with E-state index in [9.17, 15) is 14.0 Å². The molecule has 0 aliphatic rings. The molecule has 0 saturated carbocycles. The van der Waals surface area contributed by atoms with Gasteiger partial charge in [-0.2, -0.15) is 0 Å². The minimum Gasteiger partial charge on any atom is -0.455 e. The molecule has 2 aromatic heterocycles. The van der Waals surface area contributed by atoms with Crippen LogP contribution in [0.25, 0.3) is 22.6 Å². The van der Waals surface area contributed by atoms with Gasteiger partial charge in [-0.1, -0.05) is 53.7 Å². The highest BCUT2D eigenvalue weighted by Gasteiger charge is 2.16. The molecule has 0 radical (unpaired) electrons. The maximum absolute atomic E-state index is 14.0. The van der Waals surface area contributed by atoms with E-state index in [0.29, 0.717) is 21.7 Å². The first-order chi connectivity index (χ1) is 16.4. The van der Waals surface area contributed by atoms with Crippen molar-refractivity contribution in [2.45, 2.75) is 12.1 Å². The number of nitrogens with one attached hydrogen (secondary N) is 1. The number of benzene rings is 2. The summed E-state index contributed by atoms with van der Waals surface area (Å²) >= 11 is 2.37. The van der Waals surface area contributed by atoms with E-state index >= 15 is 0 Å². The first-order valence-electron chi connectivity index (χ1n) is 10.2. The predicted octanol–water partition coefficient (Wildman–Crippen LogP) is 4.33. The average molecular weight is 498 g/mol. The van der Waals surface area contributed by atoms with E-state index in [-0.39, 0.29) is 5.75 Å². The summed E-state index contributed by atoms with van der Waals surface area (Å²) in [6.07, 6.45) is 0. The number of carbonyl (C=O) groups is 2. The van der Waals surface area contributed by atoms with Gasteiger partial charge in [-0.25, -0.2) is 9.37 Å². The maximum atomic E-state index is 14.0. The van der Waals surface area contributed by atoms with Gasteiger partial charge in [0.2, 0.25) is 0 Å². The normalized spacial score (nSPS) is 10.8. The second-order valence-electron chi connectivity index (χ2n) is 7.25. The standard InChI is InChI=1S/C23H20FN5O3S2/c1-14-7-9-15(10-8-14)18-12-33-22(25-18)26-19(30)11-32-20(31)13-34-23-28-27-21(29(23)2)16-5-3-4-6-17(16)24/h3-10,12H,11,13H2,1-2H3,(H,25,26,30). The zero-order chi connectivity index (χ0) is 24.1. The molecular weight excluding hydrogens is 477 g/mol. The number of esters is 1. The minimum absolute atomic E-state index is 0.0780. The number of thioether (sulfide) groups is 1. The molecule has 0 aliphatic heterocycles. The number of hydrogen-bond acceptors (Lipinski definition) is 8. The lowest BCUT2D eigenvalue weighted by Gasteiger charge is -2.06. The number of carbonyl (C=O) groups excluding carboxylic acids is 2. The Labute approximate surface area is 203 Å². The van der Waals surface area contributed by atoms with Crippen molar-refractivity contribution >= 4 is 40.1 Å². The zero-order valence-corrected chi connectivity index (χ0v) is 20.0. The lowest BCUT2D eigenvalue weighted by atomic mass is 10.1. The number of anilines is 1. The maximum Gasteiger partial charge on any atom is 0.316 e. The highest BCUT2D eigenvalue weighted by atomic mass is 32.2. The molecule has 1 amide bonds. The number of amides is 1. The van der Waals surface area contributed by atoms with Crippen molar-refractivity contribution in [1.82, 2.24) is 19.7 Å². The third-order valence-corrected chi connectivity index (χ3v) is 6.48. The van der Waals surface area contributed by atoms with Crippen molar-refractivity contribution in [3.63, 3.8) is 0 Å². The fourth-order valence-electron chi connectivity index (χ4n) is 2.97. The number of thiazole rings is 1. The monoisotopic (exact) mass is 497 g/mol. The number of ether oxygens (including phenoxy) is 1. The summed E-state index contributed by atoms with van der Waals surface area (Å²) in [4.78, 5) is 28.6. The summed E-state index contributed by atoms with van der Waals surface area (Å²) in [6.45, 7) is 1.57. The van der Waals surface area contributed by atoms with E-state index in [0.717, 1.165) is 28.6 Å². The number of hydrogen-bond donors (Lipinski definition) is 1. The van der Waals surface area contributed by atoms with Crippen molar-refractivity contribution < 1.29 is 18.7 Å². The summed E-state index contributed by atoms with van der Waals surface area (Å²) in [5.41, 5.74) is 3.17. The molecule has 0 unspecified atom stereocenters. The van der Waals surface area contributed by atoms with Gasteiger partial charge in [-0.3, -0.25) is 14.9 Å². The van der Waals surface area contributed by atoms with Crippen LogP contribution in [0.3, 0.4) is 0 Å². The molecule has 2 aromatic carbocycles. The molecule has 0 atom stereocenters. The molecule has 4 rings (SSSR count). The van der Waals surface area contributed by atoms with Gasteiger partial charge >= 0.3 is 5.97 Å². The molecule has 8 nitrogen and oxygen atoms in total. The third-order valence-electron chi connectivity index (χ3n) is 4.73. The van der Waals surface area contributed by atoms with E-state index in [1.54, 1.807) is 29.8 Å². The SMILES string of the molecule is Cc1ccc(-c2csc(NC(=O)COC(=O)CSc3nnc(-c4ccccc4F)n3C)n2)cc1. The quantitative estimate of drug-likeness (QED) is 0.286. The Morgan fingerprint density at radius 3 is 2.68 bits per heavy atom. The summed E-state index contributed by atoms with van der Waals surface area (Å²) < 4.78 is 20.6. The summed E-state index contributed by atoms with van der Waals surface area (Å²) in [5.74, 6) is -1.21. The molecule has 1 N–H and O–H groups in total. The van der Waals surface area contributed by atoms with Crippen molar-refractivity contribution in [2.75, 3.05) is 17.7 Å². The number of aromatic nitrogens is 4. The second kappa shape index (κ2) is 10.6. The largest absolute Gasteiger partial charge is 0.455 e. The number of rotatable bonds is 8. The molecule has 0 spiro atoms. The van der Waals surface area contributed by atoms with Crippen molar-refractivity contribution in [1.29, 1.82) is 0 Å². The van der Waals surface area contributed by atoms with Gasteiger partial charge in [0.15, 0.2) is 22.7 Å². The van der Waals surface area contributed by atoms with Crippen molar-refractivity contribution in [3.8, 4) is 22.6 Å². The topological polar surface area (TPSA) is 99.0 Å². The molecule has 0 saturated heterocycles. The Hall–Kier alpha value is -3.57. The van der Waals surface area contributed by atoms with Gasteiger partial charge in [0, 0.05) is 18.0 Å². The lowest BCUT2D eigenvalue weighted by molar-refractivity contribution is -0.144. The molecule has 34 heavy (non-hydrogen) atoms. The van der Waals surface area contributed by atoms with Crippen LogP contribution in [0, 0.1) is 12.7 Å². The van der Waals surface area contributed by atoms with Crippen LogP contribution < -0.4 is 5.32 Å². The van der Waals surface area contributed by atoms with E-state index in [1.807, 2.05) is 36.6 Å². The van der Waals surface area contributed by atoms with E-state index in [2.05, 4.69) is 20.5 Å². The van der Waals surface area contributed by atoms with Crippen LogP contribution >= 0.6 is 23.1 Å². The summed E-state index contributed by atoms with van der Waals surface area (Å²) in [5, 5.41) is 13.3. The summed E-state index contributed by atoms with van der Waals surface area (Å²) in [7, 11) is 1.68. The fraction of sp³-hybridized carbons (Fsp3) is 0.174. The molecule has 0 aliphatic carbocycles. The van der Waals surface area contributed by atoms with E-state index < -0.39 is 24.3 Å². The van der Waals surface area contributed by atoms with Gasteiger partial charge in [0.1, 0.15) is 5.82 Å². The molecule has 4 aromatic rings. The molecule has 0 fully saturated rings. The fourth-order valence-corrected chi connectivity index (χ4v) is 4.42. The van der Waals surface area contributed by atoms with Gasteiger partial charge in [0.25, 0.3) is 5.91 Å². The Morgan fingerprint density at radius 2 is 1.91 bits per heavy atom. The Balaban J connectivity index is 1.25. The molecule has 174 valence electrons. The Morgan fingerprint density at radius 1 is 1.15 bits per heavy atom. The van der Waals surface area contributed by atoms with Crippen LogP contribution in [-0.4, -0.2) is 44.0 Å². The third kappa shape index (κ3) is 5.67. The minimum atomic E-state index is -0.588. The number of nitrogens with zero attached hydrogens (tertiary/aromatic N) is 4. The summed E-state index contributed by atoms with van der Waals surface area (Å²) in [6, 6.07) is 14.2. The van der Waals surface area contributed by atoms with Crippen molar-refractivity contribution in [3.05, 3.63) is 65.3 Å². The smallest absolute Gasteiger partial charge is 0.316 e. The predicted molar refractivity (Wildman–Crippen MR) is 129 cm³/mol. The second-order valence-corrected chi connectivity index (χ2v) is 9.05. The Bertz CT molecular complexity index is 1320. The van der Waals surface area contributed by atoms with Crippen LogP contribution in [0.4, 0.5) is 9.52 Å². The van der Waals surface area contributed by atoms with Crippen LogP contribution in [0.15, 0.2) is 59.1 Å².